The summed E-state index contributed by atoms with van der Waals surface area (Å²) in [5, 5.41) is 11.3. The van der Waals surface area contributed by atoms with Gasteiger partial charge in [-0.1, -0.05) is 78.1 Å². The first-order valence-corrected chi connectivity index (χ1v) is 13.7. The monoisotopic (exact) mass is 566 g/mol. The van der Waals surface area contributed by atoms with Gasteiger partial charge in [0.1, 0.15) is 0 Å². The Labute approximate surface area is 173 Å². The van der Waals surface area contributed by atoms with Gasteiger partial charge in [-0.15, -0.1) is 0 Å². The Morgan fingerprint density at radius 1 is 1.17 bits per heavy atom. The third-order valence-electron chi connectivity index (χ3n) is 4.38. The van der Waals surface area contributed by atoms with Crippen LogP contribution in [0, 0.1) is 11.3 Å². The molecule has 130 valence electrons. The molecule has 0 bridgehead atoms. The molecule has 0 atom stereocenters. The van der Waals surface area contributed by atoms with Crippen LogP contribution in [0.3, 0.4) is 0 Å². The number of aromatic nitrogens is 1. The molecule has 0 unspecified atom stereocenters. The molecular formula is C18H24I2N2OSi. The van der Waals surface area contributed by atoms with Crippen molar-refractivity contribution in [2.24, 2.45) is 0 Å². The molecule has 0 aliphatic rings. The summed E-state index contributed by atoms with van der Waals surface area (Å²) in [6.07, 6.45) is 1.76. The van der Waals surface area contributed by atoms with Crippen LogP contribution < -0.4 is 0 Å². The van der Waals surface area contributed by atoms with Crippen LogP contribution in [0.4, 0.5) is 0 Å². The average molecular weight is 566 g/mol. The van der Waals surface area contributed by atoms with Crippen molar-refractivity contribution in [1.29, 1.82) is 5.26 Å². The van der Waals surface area contributed by atoms with E-state index < -0.39 is 8.32 Å². The Hall–Kier alpha value is -0.243. The lowest BCUT2D eigenvalue weighted by Crippen LogP contribution is -2.40. The number of benzene rings is 1. The molecule has 2 aromatic rings. The van der Waals surface area contributed by atoms with E-state index in [1.807, 2.05) is 24.3 Å². The lowest BCUT2D eigenvalue weighted by Gasteiger charge is -2.36. The van der Waals surface area contributed by atoms with Crippen LogP contribution in [0.25, 0.3) is 10.8 Å². The molecule has 1 heterocycles. The fourth-order valence-corrected chi connectivity index (χ4v) is 2.88. The molecule has 0 fully saturated rings. The molecule has 0 saturated heterocycles. The van der Waals surface area contributed by atoms with Crippen molar-refractivity contribution in [2.45, 2.75) is 45.5 Å². The van der Waals surface area contributed by atoms with E-state index in [1.165, 1.54) is 2.43 Å². The van der Waals surface area contributed by atoms with Crippen molar-refractivity contribution in [1.82, 2.24) is 4.98 Å². The smallest absolute Gasteiger partial charge is 0.192 e. The van der Waals surface area contributed by atoms with Crippen molar-refractivity contribution in [3.8, 4) is 6.07 Å². The Bertz CT molecular complexity index is 721. The van der Waals surface area contributed by atoms with E-state index in [9.17, 15) is 5.26 Å². The van der Waals surface area contributed by atoms with Gasteiger partial charge in [0.25, 0.3) is 0 Å². The third kappa shape index (κ3) is 5.64. The lowest BCUT2D eigenvalue weighted by atomic mass is 10.1. The molecule has 0 aliphatic heterocycles. The molecule has 0 saturated carbocycles. The zero-order chi connectivity index (χ0) is 18.4. The molecule has 0 spiro atoms. The minimum absolute atomic E-state index is 0.176. The summed E-state index contributed by atoms with van der Waals surface area (Å²) < 4.78 is 7.45. The van der Waals surface area contributed by atoms with E-state index in [0.29, 0.717) is 12.2 Å². The van der Waals surface area contributed by atoms with Gasteiger partial charge < -0.3 is 4.43 Å². The number of nitriles is 1. The molecule has 6 heteroatoms. The number of rotatable bonds is 3. The second-order valence-corrected chi connectivity index (χ2v) is 16.2. The standard InChI is InChI=1S/C17H22N2OSi.CH2I2/c1-17(2,3)21(4,5)20-12-16-15-8-6-7-13(11-18)14(15)9-10-19-16;2-1-3/h6-10H,12H2,1-5H3;1H2. The fraction of sp³-hybridized carbons (Fsp3) is 0.444. The number of fused-ring (bicyclic) bond motifs is 1. The van der Waals surface area contributed by atoms with Crippen molar-refractivity contribution < 1.29 is 4.43 Å². The van der Waals surface area contributed by atoms with Gasteiger partial charge >= 0.3 is 0 Å². The van der Waals surface area contributed by atoms with Crippen LogP contribution in [0.15, 0.2) is 30.5 Å². The predicted molar refractivity (Wildman–Crippen MR) is 121 cm³/mol. The highest BCUT2D eigenvalue weighted by molar-refractivity contribution is 14.2. The van der Waals surface area contributed by atoms with E-state index in [4.69, 9.17) is 4.43 Å². The van der Waals surface area contributed by atoms with E-state index in [2.05, 4.69) is 90.1 Å². The highest BCUT2D eigenvalue weighted by atomic mass is 127. The summed E-state index contributed by atoms with van der Waals surface area (Å²) in [7, 11) is -1.80. The maximum atomic E-state index is 9.20. The van der Waals surface area contributed by atoms with Crippen LogP contribution in [-0.2, 0) is 11.0 Å². The molecule has 24 heavy (non-hydrogen) atoms. The quantitative estimate of drug-likeness (QED) is 0.244. The molecule has 1 aromatic carbocycles. The lowest BCUT2D eigenvalue weighted by molar-refractivity contribution is 0.273. The predicted octanol–water partition coefficient (Wildman–Crippen LogP) is 6.44. The summed E-state index contributed by atoms with van der Waals surface area (Å²) in [6, 6.07) is 9.87. The van der Waals surface area contributed by atoms with Gasteiger partial charge in [-0.25, -0.2) is 0 Å². The topological polar surface area (TPSA) is 45.9 Å². The molecule has 0 aliphatic carbocycles. The number of alkyl halides is 2. The van der Waals surface area contributed by atoms with Crippen LogP contribution in [0.2, 0.25) is 18.1 Å². The Morgan fingerprint density at radius 3 is 2.33 bits per heavy atom. The molecule has 1 aromatic heterocycles. The molecule has 3 nitrogen and oxygen atoms in total. The van der Waals surface area contributed by atoms with Crippen LogP contribution in [0.5, 0.6) is 0 Å². The zero-order valence-corrected chi connectivity index (χ0v) is 20.2. The Morgan fingerprint density at radius 2 is 1.79 bits per heavy atom. The van der Waals surface area contributed by atoms with Crippen molar-refractivity contribution >= 4 is 64.3 Å². The van der Waals surface area contributed by atoms with Gasteiger partial charge in [0.2, 0.25) is 0 Å². The first kappa shape index (κ1) is 21.8. The summed E-state index contributed by atoms with van der Waals surface area (Å²) in [6.45, 7) is 11.6. The highest BCUT2D eigenvalue weighted by Gasteiger charge is 2.37. The number of pyridine rings is 1. The Kier molecular flexibility index (Phi) is 8.59. The van der Waals surface area contributed by atoms with E-state index >= 15 is 0 Å². The molecule has 0 radical (unpaired) electrons. The Balaban J connectivity index is 0.000000891. The highest BCUT2D eigenvalue weighted by Crippen LogP contribution is 2.37. The minimum Gasteiger partial charge on any atom is -0.411 e. The van der Waals surface area contributed by atoms with Gasteiger partial charge in [-0.05, 0) is 30.3 Å². The molecule has 2 rings (SSSR count). The normalized spacial score (nSPS) is 11.6. The first-order valence-electron chi connectivity index (χ1n) is 7.70. The summed E-state index contributed by atoms with van der Waals surface area (Å²) >= 11 is 4.55. The maximum Gasteiger partial charge on any atom is 0.192 e. The fourth-order valence-electron chi connectivity index (χ4n) is 1.95. The summed E-state index contributed by atoms with van der Waals surface area (Å²) in [4.78, 5) is 4.46. The average Bonchev–Trinajstić information content (AvgIpc) is 2.52. The minimum atomic E-state index is -1.80. The molecule has 0 amide bonds. The van der Waals surface area contributed by atoms with Crippen molar-refractivity contribution in [3.05, 3.63) is 41.7 Å². The van der Waals surface area contributed by atoms with Gasteiger partial charge in [-0.2, -0.15) is 5.26 Å². The van der Waals surface area contributed by atoms with E-state index in [1.54, 1.807) is 6.20 Å². The third-order valence-corrected chi connectivity index (χ3v) is 8.86. The zero-order valence-electron chi connectivity index (χ0n) is 14.9. The molecular weight excluding hydrogens is 542 g/mol. The van der Waals surface area contributed by atoms with Gasteiger partial charge in [0.05, 0.1) is 26.4 Å². The van der Waals surface area contributed by atoms with Gasteiger partial charge in [0.15, 0.2) is 8.32 Å². The largest absolute Gasteiger partial charge is 0.411 e. The van der Waals surface area contributed by atoms with Gasteiger partial charge in [0, 0.05) is 17.0 Å². The van der Waals surface area contributed by atoms with Crippen LogP contribution in [0.1, 0.15) is 32.0 Å². The van der Waals surface area contributed by atoms with Crippen LogP contribution >= 0.6 is 45.2 Å². The summed E-state index contributed by atoms with van der Waals surface area (Å²) in [5.41, 5.74) is 1.60. The van der Waals surface area contributed by atoms with Crippen molar-refractivity contribution in [3.63, 3.8) is 0 Å². The number of halogens is 2. The van der Waals surface area contributed by atoms with E-state index in [-0.39, 0.29) is 5.04 Å². The second-order valence-electron chi connectivity index (χ2n) is 6.92. The number of hydrogen-bond donors (Lipinski definition) is 0. The summed E-state index contributed by atoms with van der Waals surface area (Å²) in [5.74, 6) is 0. The first-order chi connectivity index (χ1) is 11.2. The van der Waals surface area contributed by atoms with Crippen molar-refractivity contribution in [2.75, 3.05) is 2.43 Å². The number of hydrogen-bond acceptors (Lipinski definition) is 3. The second kappa shape index (κ2) is 9.45. The maximum absolute atomic E-state index is 9.20. The SMILES string of the molecule is CC(C)(C)[Si](C)(C)OCc1nccc2c(C#N)cccc12.ICI. The molecule has 0 N–H and O–H groups in total. The van der Waals surface area contributed by atoms with Gasteiger partial charge in [-0.3, -0.25) is 4.98 Å². The number of nitrogens with zero attached hydrogens (tertiary/aromatic N) is 2. The van der Waals surface area contributed by atoms with Crippen LogP contribution in [-0.4, -0.2) is 15.7 Å². The van der Waals surface area contributed by atoms with E-state index in [0.717, 1.165) is 16.5 Å².